The summed E-state index contributed by atoms with van der Waals surface area (Å²) in [6.07, 6.45) is 4.50. The average molecular weight is 215 g/mol. The number of carboxylic acid groups (broad SMARTS) is 1. The highest BCUT2D eigenvalue weighted by atomic mass is 32.2. The van der Waals surface area contributed by atoms with Gasteiger partial charge in [-0.3, -0.25) is 9.69 Å². The summed E-state index contributed by atoms with van der Waals surface area (Å²) in [6, 6.07) is 0. The number of β-lactam (4-membered cyclic amide) rings is 1. The van der Waals surface area contributed by atoms with Crippen LogP contribution in [0.3, 0.4) is 0 Å². The first kappa shape index (κ1) is 11.1. The van der Waals surface area contributed by atoms with Crippen LogP contribution in [0.25, 0.3) is 0 Å². The minimum absolute atomic E-state index is 0.00333. The first-order valence-electron chi connectivity index (χ1n) is 4.40. The van der Waals surface area contributed by atoms with Crippen molar-refractivity contribution >= 4 is 23.6 Å². The molecule has 0 saturated carbocycles. The van der Waals surface area contributed by atoms with Crippen molar-refractivity contribution in [2.24, 2.45) is 0 Å². The molecule has 1 N–H and O–H groups in total. The lowest BCUT2D eigenvalue weighted by Gasteiger charge is -2.39. The van der Waals surface area contributed by atoms with Crippen LogP contribution in [0.5, 0.6) is 0 Å². The second kappa shape index (κ2) is 4.50. The molecule has 1 atom stereocenters. The van der Waals surface area contributed by atoms with Crippen molar-refractivity contribution in [3.8, 4) is 0 Å². The third-order valence-corrected chi connectivity index (χ3v) is 2.98. The molecule has 0 radical (unpaired) electrons. The smallest absolute Gasteiger partial charge is 0.352 e. The second-order valence-electron chi connectivity index (χ2n) is 2.96. The molecule has 78 valence electrons. The van der Waals surface area contributed by atoms with E-state index >= 15 is 0 Å². The number of hydrogen-bond donors (Lipinski definition) is 1. The summed E-state index contributed by atoms with van der Waals surface area (Å²) in [6.45, 7) is 1.85. The molecule has 1 fully saturated rings. The molecule has 1 rings (SSSR count). The van der Waals surface area contributed by atoms with E-state index in [2.05, 4.69) is 0 Å². The molecule has 1 aliphatic heterocycles. The van der Waals surface area contributed by atoms with Gasteiger partial charge in [0.25, 0.3) is 0 Å². The summed E-state index contributed by atoms with van der Waals surface area (Å²) < 4.78 is 0. The van der Waals surface area contributed by atoms with Crippen LogP contribution in [0.1, 0.15) is 19.8 Å². The Morgan fingerprint density at radius 1 is 1.79 bits per heavy atom. The average Bonchev–Trinajstić information content (AvgIpc) is 2.12. The molecule has 0 aromatic heterocycles. The van der Waals surface area contributed by atoms with E-state index < -0.39 is 5.97 Å². The fraction of sp³-hybridized carbons (Fsp3) is 0.556. The number of carbonyl (C=O) groups excluding carboxylic acids is 1. The molecule has 1 amide bonds. The number of allylic oxidation sites excluding steroid dienone is 1. The molecular weight excluding hydrogens is 202 g/mol. The van der Waals surface area contributed by atoms with Gasteiger partial charge in [-0.25, -0.2) is 4.79 Å². The Morgan fingerprint density at radius 3 is 2.79 bits per heavy atom. The monoisotopic (exact) mass is 215 g/mol. The summed E-state index contributed by atoms with van der Waals surface area (Å²) in [5, 5.41) is 8.90. The Balaban J connectivity index is 2.83. The van der Waals surface area contributed by atoms with Gasteiger partial charge in [-0.15, -0.1) is 11.8 Å². The van der Waals surface area contributed by atoms with Gasteiger partial charge in [-0.2, -0.15) is 0 Å². The Hall–Kier alpha value is -0.970. The van der Waals surface area contributed by atoms with E-state index in [9.17, 15) is 9.59 Å². The number of thioether (sulfide) groups is 1. The lowest BCUT2D eigenvalue weighted by molar-refractivity contribution is -0.145. The Morgan fingerprint density at radius 2 is 2.43 bits per heavy atom. The molecule has 1 saturated heterocycles. The number of nitrogens with zero attached hydrogens (tertiary/aromatic N) is 1. The number of amides is 1. The first-order chi connectivity index (χ1) is 6.61. The summed E-state index contributed by atoms with van der Waals surface area (Å²) in [5.41, 5.74) is 0.114. The molecule has 1 aliphatic rings. The van der Waals surface area contributed by atoms with Crippen LogP contribution in [-0.2, 0) is 9.59 Å². The van der Waals surface area contributed by atoms with Crippen LogP contribution in [0.4, 0.5) is 0 Å². The van der Waals surface area contributed by atoms with Gasteiger partial charge < -0.3 is 5.11 Å². The van der Waals surface area contributed by atoms with Gasteiger partial charge in [0.1, 0.15) is 5.70 Å². The van der Waals surface area contributed by atoms with Crippen molar-refractivity contribution in [2.75, 3.05) is 6.26 Å². The van der Waals surface area contributed by atoms with Crippen LogP contribution >= 0.6 is 11.8 Å². The zero-order valence-electron chi connectivity index (χ0n) is 8.19. The van der Waals surface area contributed by atoms with E-state index in [0.29, 0.717) is 12.8 Å². The zero-order valence-corrected chi connectivity index (χ0v) is 9.00. The predicted molar refractivity (Wildman–Crippen MR) is 54.8 cm³/mol. The number of hydrogen-bond acceptors (Lipinski definition) is 3. The van der Waals surface area contributed by atoms with Crippen molar-refractivity contribution in [1.82, 2.24) is 4.90 Å². The molecular formula is C9H13NO3S. The van der Waals surface area contributed by atoms with Gasteiger partial charge in [0.2, 0.25) is 5.91 Å². The van der Waals surface area contributed by atoms with E-state index in [1.165, 1.54) is 16.7 Å². The van der Waals surface area contributed by atoms with Crippen molar-refractivity contribution in [1.29, 1.82) is 0 Å². The Kier molecular flexibility index (Phi) is 3.57. The fourth-order valence-corrected chi connectivity index (χ4v) is 2.10. The van der Waals surface area contributed by atoms with Crippen molar-refractivity contribution < 1.29 is 14.7 Å². The van der Waals surface area contributed by atoms with Gasteiger partial charge in [0.15, 0.2) is 0 Å². The molecule has 5 heteroatoms. The summed E-state index contributed by atoms with van der Waals surface area (Å²) >= 11 is 1.50. The highest BCUT2D eigenvalue weighted by molar-refractivity contribution is 7.99. The van der Waals surface area contributed by atoms with Crippen molar-refractivity contribution in [3.63, 3.8) is 0 Å². The van der Waals surface area contributed by atoms with Gasteiger partial charge in [0.05, 0.1) is 11.8 Å². The number of rotatable bonds is 4. The molecule has 0 aliphatic carbocycles. The zero-order chi connectivity index (χ0) is 10.7. The third-order valence-electron chi connectivity index (χ3n) is 2.05. The molecule has 4 nitrogen and oxygen atoms in total. The standard InChI is InChI=1S/C9H13NO3S/c1-3-4-6(9(12)13)10-7(11)5-8(10)14-2/h4,8H,3,5H2,1-2H3,(H,12,13). The lowest BCUT2D eigenvalue weighted by Crippen LogP contribution is -2.51. The van der Waals surface area contributed by atoms with E-state index in [0.717, 1.165) is 0 Å². The summed E-state index contributed by atoms with van der Waals surface area (Å²) in [4.78, 5) is 23.4. The molecule has 0 aromatic rings. The van der Waals surface area contributed by atoms with Crippen LogP contribution in [0.2, 0.25) is 0 Å². The molecule has 0 aromatic carbocycles. The maximum Gasteiger partial charge on any atom is 0.352 e. The normalized spacial score (nSPS) is 22.1. The van der Waals surface area contributed by atoms with Crippen LogP contribution in [-0.4, -0.2) is 33.5 Å². The van der Waals surface area contributed by atoms with Gasteiger partial charge in [-0.1, -0.05) is 13.0 Å². The van der Waals surface area contributed by atoms with E-state index in [1.54, 1.807) is 6.08 Å². The SMILES string of the molecule is CCC=C(C(=O)O)N1C(=O)CC1SC. The fourth-order valence-electron chi connectivity index (χ4n) is 1.35. The van der Waals surface area contributed by atoms with Gasteiger partial charge in [0, 0.05) is 0 Å². The highest BCUT2D eigenvalue weighted by Crippen LogP contribution is 2.31. The van der Waals surface area contributed by atoms with Crippen LogP contribution < -0.4 is 0 Å². The van der Waals surface area contributed by atoms with E-state index in [4.69, 9.17) is 5.11 Å². The minimum atomic E-state index is -1.03. The minimum Gasteiger partial charge on any atom is -0.477 e. The number of carbonyl (C=O) groups is 2. The number of aliphatic carboxylic acids is 1. The first-order valence-corrected chi connectivity index (χ1v) is 5.68. The topological polar surface area (TPSA) is 57.6 Å². The molecule has 1 unspecified atom stereocenters. The third kappa shape index (κ3) is 1.92. The second-order valence-corrected chi connectivity index (χ2v) is 3.98. The maximum absolute atomic E-state index is 11.2. The van der Waals surface area contributed by atoms with Crippen LogP contribution in [0.15, 0.2) is 11.8 Å². The van der Waals surface area contributed by atoms with E-state index in [-0.39, 0.29) is 17.0 Å². The van der Waals surface area contributed by atoms with Gasteiger partial charge >= 0.3 is 5.97 Å². The Labute approximate surface area is 87.0 Å². The maximum atomic E-state index is 11.2. The predicted octanol–water partition coefficient (Wildman–Crippen LogP) is 1.29. The molecule has 1 heterocycles. The molecule has 0 bridgehead atoms. The van der Waals surface area contributed by atoms with Crippen LogP contribution in [0, 0.1) is 0 Å². The lowest BCUT2D eigenvalue weighted by atomic mass is 10.1. The Bertz CT molecular complexity index is 288. The van der Waals surface area contributed by atoms with E-state index in [1.807, 2.05) is 13.2 Å². The number of carboxylic acids is 1. The molecule has 0 spiro atoms. The highest BCUT2D eigenvalue weighted by Gasteiger charge is 2.39. The summed E-state index contributed by atoms with van der Waals surface area (Å²) in [5.74, 6) is -1.13. The number of likely N-dealkylation sites (tertiary alicyclic amines) is 1. The van der Waals surface area contributed by atoms with Crippen molar-refractivity contribution in [2.45, 2.75) is 25.1 Å². The quantitative estimate of drug-likeness (QED) is 0.567. The molecule has 14 heavy (non-hydrogen) atoms. The summed E-state index contributed by atoms with van der Waals surface area (Å²) in [7, 11) is 0. The largest absolute Gasteiger partial charge is 0.477 e. The van der Waals surface area contributed by atoms with Gasteiger partial charge in [-0.05, 0) is 12.7 Å². The van der Waals surface area contributed by atoms with Crippen molar-refractivity contribution in [3.05, 3.63) is 11.8 Å².